The Kier molecular flexibility index (Phi) is 5.15. The summed E-state index contributed by atoms with van der Waals surface area (Å²) in [5.74, 6) is -1.04. The molecule has 162 valence electrons. The number of benzene rings is 2. The first-order chi connectivity index (χ1) is 16.1. The van der Waals surface area contributed by atoms with Crippen molar-refractivity contribution in [1.82, 2.24) is 24.8 Å². The molecular formula is C23H15F2N7O. The average Bonchev–Trinajstić information content (AvgIpc) is 3.25. The van der Waals surface area contributed by atoms with E-state index in [4.69, 9.17) is 0 Å². The number of nitrogens with one attached hydrogen (secondary N) is 2. The summed E-state index contributed by atoms with van der Waals surface area (Å²) >= 11 is 0. The van der Waals surface area contributed by atoms with Crippen molar-refractivity contribution in [3.8, 4) is 22.6 Å². The number of aromatic nitrogens is 5. The molecule has 5 rings (SSSR count). The van der Waals surface area contributed by atoms with Crippen LogP contribution in [0.25, 0.3) is 28.3 Å². The van der Waals surface area contributed by atoms with Crippen LogP contribution in [-0.4, -0.2) is 30.8 Å². The molecule has 0 aliphatic heterocycles. The standard InChI is InChI=1S/C23H15F2N7O/c24-16-6-7-20(18(25)12-16)28-23(33)27-17-5-1-3-14(11-17)19-8-9-21-29-30-22(32(21)31-19)15-4-2-10-26-13-15/h1-13H,(H2,27,28,33). The number of fused-ring (bicyclic) bond motifs is 1. The third-order valence-electron chi connectivity index (χ3n) is 4.78. The van der Waals surface area contributed by atoms with Crippen LogP contribution in [-0.2, 0) is 0 Å². The number of hydrogen-bond donors (Lipinski definition) is 2. The second-order valence-electron chi connectivity index (χ2n) is 7.04. The first kappa shape index (κ1) is 20.2. The predicted octanol–water partition coefficient (Wildman–Crippen LogP) is 4.78. The van der Waals surface area contributed by atoms with E-state index in [-0.39, 0.29) is 5.69 Å². The van der Waals surface area contributed by atoms with Crippen molar-refractivity contribution in [1.29, 1.82) is 0 Å². The van der Waals surface area contributed by atoms with E-state index in [0.717, 1.165) is 23.3 Å². The minimum Gasteiger partial charge on any atom is -0.308 e. The van der Waals surface area contributed by atoms with Crippen LogP contribution in [0, 0.1) is 11.6 Å². The van der Waals surface area contributed by atoms with Crippen LogP contribution >= 0.6 is 0 Å². The lowest BCUT2D eigenvalue weighted by molar-refractivity contribution is 0.262. The molecule has 3 aromatic heterocycles. The summed E-state index contributed by atoms with van der Waals surface area (Å²) in [7, 11) is 0. The van der Waals surface area contributed by atoms with Crippen LogP contribution in [0.5, 0.6) is 0 Å². The Balaban J connectivity index is 1.40. The number of halogens is 2. The lowest BCUT2D eigenvalue weighted by Gasteiger charge is -2.10. The molecule has 8 nitrogen and oxygen atoms in total. The first-order valence-corrected chi connectivity index (χ1v) is 9.83. The number of amides is 2. The minimum atomic E-state index is -0.866. The van der Waals surface area contributed by atoms with Crippen LogP contribution in [0.1, 0.15) is 0 Å². The minimum absolute atomic E-state index is 0.132. The Morgan fingerprint density at radius 2 is 1.76 bits per heavy atom. The lowest BCUT2D eigenvalue weighted by atomic mass is 10.1. The summed E-state index contributed by atoms with van der Waals surface area (Å²) in [4.78, 5) is 16.4. The van der Waals surface area contributed by atoms with Gasteiger partial charge in [-0.15, -0.1) is 10.2 Å². The molecule has 0 atom stereocenters. The van der Waals surface area contributed by atoms with Crippen molar-refractivity contribution >= 4 is 23.1 Å². The van der Waals surface area contributed by atoms with Gasteiger partial charge in [-0.1, -0.05) is 12.1 Å². The van der Waals surface area contributed by atoms with Gasteiger partial charge in [-0.25, -0.2) is 13.6 Å². The van der Waals surface area contributed by atoms with E-state index in [1.54, 1.807) is 53.3 Å². The fourth-order valence-electron chi connectivity index (χ4n) is 3.25. The fraction of sp³-hybridized carbons (Fsp3) is 0. The highest BCUT2D eigenvalue weighted by Gasteiger charge is 2.12. The van der Waals surface area contributed by atoms with Crippen molar-refractivity contribution in [2.24, 2.45) is 0 Å². The lowest BCUT2D eigenvalue weighted by Crippen LogP contribution is -2.20. The highest BCUT2D eigenvalue weighted by atomic mass is 19.1. The third kappa shape index (κ3) is 4.22. The Morgan fingerprint density at radius 3 is 2.58 bits per heavy atom. The van der Waals surface area contributed by atoms with E-state index in [0.29, 0.717) is 28.9 Å². The molecule has 0 fully saturated rings. The summed E-state index contributed by atoms with van der Waals surface area (Å²) in [5, 5.41) is 18.0. The number of carbonyl (C=O) groups excluding carboxylic acids is 1. The maximum atomic E-state index is 13.8. The number of hydrogen-bond acceptors (Lipinski definition) is 5. The zero-order valence-corrected chi connectivity index (χ0v) is 16.9. The SMILES string of the molecule is O=C(Nc1cccc(-c2ccc3nnc(-c4cccnc4)n3n2)c1)Nc1ccc(F)cc1F. The van der Waals surface area contributed by atoms with Gasteiger partial charge < -0.3 is 10.6 Å². The summed E-state index contributed by atoms with van der Waals surface area (Å²) in [6.45, 7) is 0. The van der Waals surface area contributed by atoms with Crippen molar-refractivity contribution in [3.63, 3.8) is 0 Å². The monoisotopic (exact) mass is 443 g/mol. The highest BCUT2D eigenvalue weighted by molar-refractivity contribution is 6.00. The smallest absolute Gasteiger partial charge is 0.308 e. The van der Waals surface area contributed by atoms with Gasteiger partial charge in [-0.05, 0) is 48.5 Å². The largest absolute Gasteiger partial charge is 0.323 e. The number of urea groups is 1. The van der Waals surface area contributed by atoms with E-state index in [1.807, 2.05) is 12.1 Å². The molecule has 0 bridgehead atoms. The van der Waals surface area contributed by atoms with Gasteiger partial charge in [0.15, 0.2) is 11.5 Å². The van der Waals surface area contributed by atoms with Crippen LogP contribution < -0.4 is 10.6 Å². The van der Waals surface area contributed by atoms with Gasteiger partial charge in [0.25, 0.3) is 0 Å². The maximum Gasteiger partial charge on any atom is 0.323 e. The zero-order chi connectivity index (χ0) is 22.8. The van der Waals surface area contributed by atoms with Crippen molar-refractivity contribution in [2.75, 3.05) is 10.6 Å². The maximum absolute atomic E-state index is 13.8. The van der Waals surface area contributed by atoms with Crippen LogP contribution in [0.15, 0.2) is 79.1 Å². The van der Waals surface area contributed by atoms with Gasteiger partial charge in [-0.2, -0.15) is 9.61 Å². The molecular weight excluding hydrogens is 428 g/mol. The number of pyridine rings is 1. The molecule has 0 unspecified atom stereocenters. The van der Waals surface area contributed by atoms with Gasteiger partial charge in [0.1, 0.15) is 11.6 Å². The summed E-state index contributed by atoms with van der Waals surface area (Å²) in [6.07, 6.45) is 3.35. The summed E-state index contributed by atoms with van der Waals surface area (Å²) in [5.41, 5.74) is 3.04. The van der Waals surface area contributed by atoms with E-state index in [1.165, 1.54) is 0 Å². The van der Waals surface area contributed by atoms with Crippen molar-refractivity contribution < 1.29 is 13.6 Å². The number of carbonyl (C=O) groups is 1. The number of nitrogens with zero attached hydrogens (tertiary/aromatic N) is 5. The molecule has 2 amide bonds. The van der Waals surface area contributed by atoms with Crippen molar-refractivity contribution in [3.05, 3.63) is 90.8 Å². The van der Waals surface area contributed by atoms with Gasteiger partial charge in [0, 0.05) is 35.3 Å². The molecule has 0 saturated carbocycles. The molecule has 10 heteroatoms. The Labute approximate surface area is 185 Å². The zero-order valence-electron chi connectivity index (χ0n) is 16.9. The van der Waals surface area contributed by atoms with Crippen LogP contribution in [0.3, 0.4) is 0 Å². The highest BCUT2D eigenvalue weighted by Crippen LogP contribution is 2.23. The Hall–Kier alpha value is -4.73. The molecule has 33 heavy (non-hydrogen) atoms. The summed E-state index contributed by atoms with van der Waals surface area (Å²) < 4.78 is 28.5. The Morgan fingerprint density at radius 1 is 0.879 bits per heavy atom. The van der Waals surface area contributed by atoms with Gasteiger partial charge in [0.2, 0.25) is 0 Å². The average molecular weight is 443 g/mol. The van der Waals surface area contributed by atoms with Crippen LogP contribution in [0.2, 0.25) is 0 Å². The van der Waals surface area contributed by atoms with Gasteiger partial charge in [-0.3, -0.25) is 4.98 Å². The predicted molar refractivity (Wildman–Crippen MR) is 118 cm³/mol. The molecule has 0 aliphatic rings. The molecule has 3 heterocycles. The number of anilines is 2. The molecule has 0 spiro atoms. The van der Waals surface area contributed by atoms with Crippen molar-refractivity contribution in [2.45, 2.75) is 0 Å². The van der Waals surface area contributed by atoms with E-state index in [9.17, 15) is 13.6 Å². The van der Waals surface area contributed by atoms with Gasteiger partial charge >= 0.3 is 6.03 Å². The van der Waals surface area contributed by atoms with Crippen LogP contribution in [0.4, 0.5) is 25.0 Å². The fourth-order valence-corrected chi connectivity index (χ4v) is 3.25. The van der Waals surface area contributed by atoms with Gasteiger partial charge in [0.05, 0.1) is 11.4 Å². The molecule has 5 aromatic rings. The number of rotatable bonds is 4. The van der Waals surface area contributed by atoms with E-state index < -0.39 is 17.7 Å². The molecule has 2 N–H and O–H groups in total. The summed E-state index contributed by atoms with van der Waals surface area (Å²) in [6, 6.07) is 16.5. The quantitative estimate of drug-likeness (QED) is 0.417. The second kappa shape index (κ2) is 8.42. The molecule has 2 aromatic carbocycles. The third-order valence-corrected chi connectivity index (χ3v) is 4.78. The normalized spacial score (nSPS) is 10.8. The van der Waals surface area contributed by atoms with E-state index in [2.05, 4.69) is 30.9 Å². The molecule has 0 saturated heterocycles. The molecule has 0 aliphatic carbocycles. The Bertz CT molecular complexity index is 1470. The molecule has 0 radical (unpaired) electrons. The van der Waals surface area contributed by atoms with E-state index >= 15 is 0 Å². The second-order valence-corrected chi connectivity index (χ2v) is 7.04. The first-order valence-electron chi connectivity index (χ1n) is 9.83. The topological polar surface area (TPSA) is 97.1 Å².